The van der Waals surface area contributed by atoms with Gasteiger partial charge in [-0.3, -0.25) is 14.4 Å². The minimum atomic E-state index is -1.03. The first kappa shape index (κ1) is 19.0. The summed E-state index contributed by atoms with van der Waals surface area (Å²) in [6, 6.07) is 15.9. The van der Waals surface area contributed by atoms with Crippen molar-refractivity contribution in [2.75, 3.05) is 18.4 Å². The molecule has 7 heteroatoms. The summed E-state index contributed by atoms with van der Waals surface area (Å²) in [7, 11) is 0. The Morgan fingerprint density at radius 3 is 2.52 bits per heavy atom. The molecule has 0 saturated carbocycles. The van der Waals surface area contributed by atoms with Crippen LogP contribution in [0.15, 0.2) is 54.6 Å². The number of esters is 1. The molecule has 0 spiro atoms. The number of carbonyl (C=O) groups excluding carboxylic acids is 3. The zero-order valence-corrected chi connectivity index (χ0v) is 15.9. The smallest absolute Gasteiger partial charge is 0.311 e. The molecule has 7 nitrogen and oxygen atoms in total. The predicted octanol–water partition coefficient (Wildman–Crippen LogP) is 2.68. The molecule has 0 aliphatic carbocycles. The Morgan fingerprint density at radius 1 is 1.07 bits per heavy atom. The molecule has 2 aromatic rings. The second kappa shape index (κ2) is 8.34. The lowest BCUT2D eigenvalue weighted by Gasteiger charge is -2.27. The van der Waals surface area contributed by atoms with Crippen molar-refractivity contribution in [3.8, 4) is 5.75 Å². The molecule has 2 aliphatic rings. The van der Waals surface area contributed by atoms with Crippen molar-refractivity contribution >= 4 is 23.5 Å². The first-order valence-corrected chi connectivity index (χ1v) is 9.71. The van der Waals surface area contributed by atoms with Crippen LogP contribution < -0.4 is 10.1 Å². The van der Waals surface area contributed by atoms with Crippen molar-refractivity contribution in [2.24, 2.45) is 0 Å². The molecule has 0 unspecified atom stereocenters. The van der Waals surface area contributed by atoms with Gasteiger partial charge >= 0.3 is 5.97 Å². The monoisotopic (exact) mass is 394 g/mol. The third-order valence-electron chi connectivity index (χ3n) is 5.05. The molecule has 4 rings (SSSR count). The second-order valence-electron chi connectivity index (χ2n) is 7.11. The number of ether oxygens (including phenoxy) is 2. The van der Waals surface area contributed by atoms with E-state index in [2.05, 4.69) is 5.32 Å². The number of hydrogen-bond donors (Lipinski definition) is 1. The lowest BCUT2D eigenvalue weighted by molar-refractivity contribution is -0.162. The molecule has 2 aliphatic heterocycles. The zero-order valence-electron chi connectivity index (χ0n) is 15.9. The molecular weight excluding hydrogens is 372 g/mol. The highest BCUT2D eigenvalue weighted by molar-refractivity contribution is 5.99. The number of likely N-dealkylation sites (tertiary alicyclic amines) is 1. The standard InChI is InChI=1S/C22H22N2O5/c25-19(14-18-21(26)23-16-10-4-5-11-17(16)28-18)29-20(15-8-2-1-3-9-15)22(27)24-12-6-7-13-24/h1-5,8-11,18,20H,6-7,12-14H2,(H,23,26)/t18-,20+/m0/s1. The van der Waals surface area contributed by atoms with Gasteiger partial charge in [-0.15, -0.1) is 0 Å². The van der Waals surface area contributed by atoms with Crippen molar-refractivity contribution in [1.82, 2.24) is 4.90 Å². The lowest BCUT2D eigenvalue weighted by Crippen LogP contribution is -2.40. The summed E-state index contributed by atoms with van der Waals surface area (Å²) >= 11 is 0. The number of carbonyl (C=O) groups is 3. The molecule has 0 bridgehead atoms. The Bertz CT molecular complexity index is 908. The molecule has 29 heavy (non-hydrogen) atoms. The lowest BCUT2D eigenvalue weighted by atomic mass is 10.1. The van der Waals surface area contributed by atoms with Crippen LogP contribution in [0.3, 0.4) is 0 Å². The van der Waals surface area contributed by atoms with Gasteiger partial charge in [-0.1, -0.05) is 42.5 Å². The summed E-state index contributed by atoms with van der Waals surface area (Å²) in [6.45, 7) is 1.31. The number of anilines is 1. The van der Waals surface area contributed by atoms with Gasteiger partial charge in [0.1, 0.15) is 5.75 Å². The van der Waals surface area contributed by atoms with Crippen LogP contribution in [-0.4, -0.2) is 41.9 Å². The van der Waals surface area contributed by atoms with Crippen LogP contribution in [0.2, 0.25) is 0 Å². The van der Waals surface area contributed by atoms with Crippen LogP contribution in [0.25, 0.3) is 0 Å². The normalized spacial score (nSPS) is 19.0. The molecule has 1 N–H and O–H groups in total. The number of rotatable bonds is 5. The number of para-hydroxylation sites is 2. The average Bonchev–Trinajstić information content (AvgIpc) is 3.28. The summed E-state index contributed by atoms with van der Waals surface area (Å²) in [6.07, 6.45) is -0.430. The number of benzene rings is 2. The van der Waals surface area contributed by atoms with Crippen molar-refractivity contribution in [2.45, 2.75) is 31.5 Å². The van der Waals surface area contributed by atoms with Gasteiger partial charge in [0.25, 0.3) is 11.8 Å². The third kappa shape index (κ3) is 4.23. The maximum Gasteiger partial charge on any atom is 0.311 e. The highest BCUT2D eigenvalue weighted by atomic mass is 16.6. The molecule has 1 saturated heterocycles. The summed E-state index contributed by atoms with van der Waals surface area (Å²) in [5.74, 6) is -0.812. The Morgan fingerprint density at radius 2 is 1.76 bits per heavy atom. The van der Waals surface area contributed by atoms with Crippen molar-refractivity contribution < 1.29 is 23.9 Å². The van der Waals surface area contributed by atoms with Crippen LogP contribution in [-0.2, 0) is 19.1 Å². The summed E-state index contributed by atoms with van der Waals surface area (Å²) < 4.78 is 11.2. The fourth-order valence-corrected chi connectivity index (χ4v) is 3.55. The van der Waals surface area contributed by atoms with Gasteiger partial charge in [0.2, 0.25) is 6.10 Å². The quantitative estimate of drug-likeness (QED) is 0.788. The number of fused-ring (bicyclic) bond motifs is 1. The predicted molar refractivity (Wildman–Crippen MR) is 105 cm³/mol. The van der Waals surface area contributed by atoms with Crippen LogP contribution in [0, 0.1) is 0 Å². The van der Waals surface area contributed by atoms with Crippen molar-refractivity contribution in [3.05, 3.63) is 60.2 Å². The van der Waals surface area contributed by atoms with Crippen LogP contribution in [0.5, 0.6) is 5.75 Å². The second-order valence-corrected chi connectivity index (χ2v) is 7.11. The molecule has 150 valence electrons. The van der Waals surface area contributed by atoms with E-state index >= 15 is 0 Å². The van der Waals surface area contributed by atoms with E-state index in [-0.39, 0.29) is 12.3 Å². The minimum Gasteiger partial charge on any atom is -0.478 e. The largest absolute Gasteiger partial charge is 0.478 e. The molecule has 2 heterocycles. The van der Waals surface area contributed by atoms with Gasteiger partial charge < -0.3 is 19.7 Å². The summed E-state index contributed by atoms with van der Waals surface area (Å²) in [4.78, 5) is 39.5. The van der Waals surface area contributed by atoms with Gasteiger partial charge in [0.05, 0.1) is 12.1 Å². The third-order valence-corrected chi connectivity index (χ3v) is 5.05. The Hall–Kier alpha value is -3.35. The van der Waals surface area contributed by atoms with Gasteiger partial charge in [-0.2, -0.15) is 0 Å². The van der Waals surface area contributed by atoms with Crippen LogP contribution in [0.1, 0.15) is 30.9 Å². The van der Waals surface area contributed by atoms with Gasteiger partial charge in [0, 0.05) is 18.7 Å². The fraction of sp³-hybridized carbons (Fsp3) is 0.318. The Labute approximate surface area is 168 Å². The fourth-order valence-electron chi connectivity index (χ4n) is 3.55. The van der Waals surface area contributed by atoms with Gasteiger partial charge in [-0.05, 0) is 25.0 Å². The first-order valence-electron chi connectivity index (χ1n) is 9.71. The molecule has 0 radical (unpaired) electrons. The first-order chi connectivity index (χ1) is 14.1. The number of nitrogens with one attached hydrogen (secondary N) is 1. The minimum absolute atomic E-state index is 0.235. The van der Waals surface area contributed by atoms with E-state index in [1.54, 1.807) is 53.4 Å². The molecule has 2 atom stereocenters. The summed E-state index contributed by atoms with van der Waals surface area (Å²) in [5, 5.41) is 2.72. The molecule has 1 fully saturated rings. The SMILES string of the molecule is O=C(C[C@@H]1Oc2ccccc2NC1=O)O[C@@H](C(=O)N1CCCC1)c1ccccc1. The highest BCUT2D eigenvalue weighted by Crippen LogP contribution is 2.30. The Balaban J connectivity index is 1.47. The van der Waals surface area contributed by atoms with Crippen LogP contribution in [0.4, 0.5) is 5.69 Å². The van der Waals surface area contributed by atoms with Crippen molar-refractivity contribution in [3.63, 3.8) is 0 Å². The van der Waals surface area contributed by atoms with Crippen molar-refractivity contribution in [1.29, 1.82) is 0 Å². The zero-order chi connectivity index (χ0) is 20.2. The number of hydrogen-bond acceptors (Lipinski definition) is 5. The van der Waals surface area contributed by atoms with Crippen LogP contribution >= 0.6 is 0 Å². The molecule has 2 amide bonds. The van der Waals surface area contributed by atoms with Gasteiger partial charge in [-0.25, -0.2) is 0 Å². The molecule has 0 aromatic heterocycles. The number of nitrogens with zero attached hydrogens (tertiary/aromatic N) is 1. The topological polar surface area (TPSA) is 84.9 Å². The van der Waals surface area contributed by atoms with E-state index in [1.165, 1.54) is 0 Å². The molecule has 2 aromatic carbocycles. The Kier molecular flexibility index (Phi) is 5.46. The van der Waals surface area contributed by atoms with E-state index in [1.807, 2.05) is 6.07 Å². The van der Waals surface area contributed by atoms with E-state index < -0.39 is 24.1 Å². The van der Waals surface area contributed by atoms with E-state index in [0.29, 0.717) is 30.1 Å². The van der Waals surface area contributed by atoms with E-state index in [0.717, 1.165) is 12.8 Å². The van der Waals surface area contributed by atoms with Gasteiger partial charge in [0.15, 0.2) is 6.10 Å². The van der Waals surface area contributed by atoms with E-state index in [4.69, 9.17) is 9.47 Å². The highest BCUT2D eigenvalue weighted by Gasteiger charge is 2.34. The average molecular weight is 394 g/mol. The summed E-state index contributed by atoms with van der Waals surface area (Å²) in [5.41, 5.74) is 1.17. The maximum atomic E-state index is 12.9. The number of amides is 2. The van der Waals surface area contributed by atoms with E-state index in [9.17, 15) is 14.4 Å². The molecular formula is C22H22N2O5. The maximum absolute atomic E-state index is 12.9.